The fraction of sp³-hybridized carbons (Fsp3) is 0.419. The van der Waals surface area contributed by atoms with Crippen molar-refractivity contribution in [2.24, 2.45) is 11.3 Å². The predicted octanol–water partition coefficient (Wildman–Crippen LogP) is 3.52. The molecule has 1 aliphatic heterocycles. The number of nitrogens with zero attached hydrogens (tertiary/aromatic N) is 1. The first-order valence-corrected chi connectivity index (χ1v) is 13.1. The topological polar surface area (TPSA) is 97.3 Å². The van der Waals surface area contributed by atoms with Crippen molar-refractivity contribution in [2.75, 3.05) is 28.3 Å². The van der Waals surface area contributed by atoms with Gasteiger partial charge in [0, 0.05) is 44.0 Å². The molecule has 2 amide bonds. The lowest BCUT2D eigenvalue weighted by Crippen LogP contribution is -2.69. The van der Waals surface area contributed by atoms with Gasteiger partial charge in [-0.1, -0.05) is 43.3 Å². The molecule has 0 saturated heterocycles. The van der Waals surface area contributed by atoms with E-state index in [1.165, 1.54) is 11.8 Å². The number of fused-ring (bicyclic) bond motifs is 3. The second-order valence-corrected chi connectivity index (χ2v) is 11.0. The molecular formula is C31H36N2O6. The van der Waals surface area contributed by atoms with Crippen LogP contribution < -0.4 is 14.8 Å². The summed E-state index contributed by atoms with van der Waals surface area (Å²) in [6.07, 6.45) is 5.07. The average molecular weight is 533 g/mol. The van der Waals surface area contributed by atoms with Crippen molar-refractivity contribution in [3.8, 4) is 11.5 Å². The number of hydrogen-bond acceptors (Lipinski definition) is 6. The monoisotopic (exact) mass is 532 g/mol. The standard InChI is InChI=1S/C31H36N2O6/c1-19(34)32-30-23-13-12-22(38-6)18-24(23)39-31(30,29(2)16-14-21(37-5)15-17-29)26(20-10-8-7-9-11-20)25(27(30)35)28(36)33(3)4/h7-16,18,25-27,35H,17H2,1-6H3,(H,32,34)/t25-,26-,27-,29?,30+,31-/m1/s1. The zero-order chi connectivity index (χ0) is 28.2. The minimum absolute atomic E-state index is 0.245. The highest BCUT2D eigenvalue weighted by molar-refractivity contribution is 5.84. The Hall–Kier alpha value is -3.78. The van der Waals surface area contributed by atoms with E-state index in [4.69, 9.17) is 14.2 Å². The van der Waals surface area contributed by atoms with Gasteiger partial charge in [0.2, 0.25) is 11.8 Å². The van der Waals surface area contributed by atoms with Crippen LogP contribution in [0.3, 0.4) is 0 Å². The normalized spacial score (nSPS) is 32.4. The summed E-state index contributed by atoms with van der Waals surface area (Å²) < 4.78 is 18.1. The molecule has 206 valence electrons. The molecule has 5 rings (SSSR count). The smallest absolute Gasteiger partial charge is 0.228 e. The van der Waals surface area contributed by atoms with E-state index in [9.17, 15) is 14.7 Å². The number of carbonyl (C=O) groups excluding carboxylic acids is 2. The Labute approximate surface area is 229 Å². The molecule has 2 aromatic carbocycles. The third-order valence-corrected chi connectivity index (χ3v) is 8.74. The van der Waals surface area contributed by atoms with Crippen LogP contribution in [0.15, 0.2) is 72.5 Å². The maximum Gasteiger partial charge on any atom is 0.228 e. The SMILES string of the molecule is COC1=CCC(C)([C@@]23Oc4cc(OC)ccc4[C@]2(NC(C)=O)[C@H](O)[C@H](C(=O)N(C)C)[C@H]3c2ccccc2)C=C1. The van der Waals surface area contributed by atoms with Crippen molar-refractivity contribution in [1.29, 1.82) is 0 Å². The molecule has 0 radical (unpaired) electrons. The first-order valence-electron chi connectivity index (χ1n) is 13.1. The molecule has 6 atom stereocenters. The van der Waals surface area contributed by atoms with Crippen molar-refractivity contribution in [3.63, 3.8) is 0 Å². The quantitative estimate of drug-likeness (QED) is 0.591. The number of methoxy groups -OCH3 is 2. The van der Waals surface area contributed by atoms with Gasteiger partial charge < -0.3 is 29.5 Å². The number of ether oxygens (including phenoxy) is 3. The van der Waals surface area contributed by atoms with Gasteiger partial charge >= 0.3 is 0 Å². The molecule has 0 aromatic heterocycles. The van der Waals surface area contributed by atoms with Crippen LogP contribution in [0, 0.1) is 11.3 Å². The van der Waals surface area contributed by atoms with Crippen molar-refractivity contribution in [1.82, 2.24) is 10.2 Å². The van der Waals surface area contributed by atoms with E-state index in [1.807, 2.05) is 54.6 Å². The van der Waals surface area contributed by atoms with E-state index >= 15 is 0 Å². The summed E-state index contributed by atoms with van der Waals surface area (Å²) in [4.78, 5) is 28.5. The summed E-state index contributed by atoms with van der Waals surface area (Å²) in [6.45, 7) is 3.48. The van der Waals surface area contributed by atoms with E-state index in [0.717, 1.165) is 5.56 Å². The molecule has 1 unspecified atom stereocenters. The van der Waals surface area contributed by atoms with E-state index in [0.29, 0.717) is 29.2 Å². The molecule has 1 fully saturated rings. The fourth-order valence-corrected chi connectivity index (χ4v) is 7.14. The van der Waals surface area contributed by atoms with Crippen molar-refractivity contribution in [3.05, 3.63) is 83.6 Å². The first kappa shape index (κ1) is 26.8. The maximum atomic E-state index is 14.0. The summed E-state index contributed by atoms with van der Waals surface area (Å²) in [6, 6.07) is 15.0. The molecule has 8 nitrogen and oxygen atoms in total. The lowest BCUT2D eigenvalue weighted by molar-refractivity contribution is -0.138. The Morgan fingerprint density at radius 2 is 1.82 bits per heavy atom. The van der Waals surface area contributed by atoms with Crippen LogP contribution in [0.1, 0.15) is 37.3 Å². The Morgan fingerprint density at radius 1 is 1.10 bits per heavy atom. The summed E-state index contributed by atoms with van der Waals surface area (Å²) in [5.41, 5.74) is -2.14. The molecule has 8 heteroatoms. The van der Waals surface area contributed by atoms with E-state index in [-0.39, 0.29) is 11.8 Å². The number of hydrogen-bond donors (Lipinski definition) is 2. The number of benzene rings is 2. The van der Waals surface area contributed by atoms with Gasteiger partial charge in [0.25, 0.3) is 0 Å². The lowest BCUT2D eigenvalue weighted by Gasteiger charge is -2.53. The van der Waals surface area contributed by atoms with Crippen LogP contribution >= 0.6 is 0 Å². The van der Waals surface area contributed by atoms with Crippen molar-refractivity contribution in [2.45, 2.75) is 43.4 Å². The van der Waals surface area contributed by atoms with Gasteiger partial charge in [-0.05, 0) is 36.3 Å². The Bertz CT molecular complexity index is 1350. The van der Waals surface area contributed by atoms with Crippen LogP contribution in [0.5, 0.6) is 11.5 Å². The number of aliphatic hydroxyl groups excluding tert-OH is 1. The zero-order valence-corrected chi connectivity index (χ0v) is 23.2. The van der Waals surface area contributed by atoms with Gasteiger partial charge in [-0.3, -0.25) is 9.59 Å². The molecular weight excluding hydrogens is 496 g/mol. The number of rotatable bonds is 6. The van der Waals surface area contributed by atoms with Crippen LogP contribution in [-0.4, -0.2) is 61.8 Å². The number of nitrogens with one attached hydrogen (secondary N) is 1. The highest BCUT2D eigenvalue weighted by atomic mass is 16.5. The number of amides is 2. The van der Waals surface area contributed by atoms with Gasteiger partial charge in [-0.25, -0.2) is 0 Å². The molecule has 2 aromatic rings. The minimum Gasteiger partial charge on any atom is -0.497 e. The van der Waals surface area contributed by atoms with E-state index < -0.39 is 34.5 Å². The van der Waals surface area contributed by atoms with Crippen LogP contribution in [0.25, 0.3) is 0 Å². The van der Waals surface area contributed by atoms with Gasteiger partial charge in [-0.2, -0.15) is 0 Å². The molecule has 39 heavy (non-hydrogen) atoms. The maximum absolute atomic E-state index is 14.0. The van der Waals surface area contributed by atoms with Crippen LogP contribution in [0.4, 0.5) is 0 Å². The average Bonchev–Trinajstić information content (AvgIpc) is 3.33. The van der Waals surface area contributed by atoms with Gasteiger partial charge in [0.05, 0.1) is 26.2 Å². The number of aliphatic hydroxyl groups is 1. The van der Waals surface area contributed by atoms with Crippen LogP contribution in [0.2, 0.25) is 0 Å². The highest BCUT2D eigenvalue weighted by Crippen LogP contribution is 2.71. The second kappa shape index (κ2) is 9.45. The predicted molar refractivity (Wildman–Crippen MR) is 146 cm³/mol. The Balaban J connectivity index is 1.90. The molecule has 0 spiro atoms. The summed E-state index contributed by atoms with van der Waals surface area (Å²) in [5.74, 6) is -0.350. The summed E-state index contributed by atoms with van der Waals surface area (Å²) in [7, 11) is 6.55. The molecule has 3 aliphatic rings. The van der Waals surface area contributed by atoms with Gasteiger partial charge in [-0.15, -0.1) is 0 Å². The molecule has 1 saturated carbocycles. The minimum atomic E-state index is -1.46. The first-order chi connectivity index (χ1) is 18.6. The van der Waals surface area contributed by atoms with E-state index in [2.05, 4.69) is 12.2 Å². The third kappa shape index (κ3) is 3.61. The van der Waals surface area contributed by atoms with Crippen LogP contribution in [-0.2, 0) is 19.9 Å². The summed E-state index contributed by atoms with van der Waals surface area (Å²) >= 11 is 0. The highest BCUT2D eigenvalue weighted by Gasteiger charge is 2.81. The number of allylic oxidation sites excluding steroid dienone is 2. The Kier molecular flexibility index (Phi) is 6.50. The molecule has 2 N–H and O–H groups in total. The molecule has 2 aliphatic carbocycles. The third-order valence-electron chi connectivity index (χ3n) is 8.74. The molecule has 0 bridgehead atoms. The van der Waals surface area contributed by atoms with E-state index in [1.54, 1.807) is 40.4 Å². The zero-order valence-electron chi connectivity index (χ0n) is 23.2. The largest absolute Gasteiger partial charge is 0.497 e. The van der Waals surface area contributed by atoms with Crippen molar-refractivity contribution >= 4 is 11.8 Å². The second-order valence-electron chi connectivity index (χ2n) is 11.0. The van der Waals surface area contributed by atoms with Gasteiger partial charge in [0.1, 0.15) is 22.8 Å². The lowest BCUT2D eigenvalue weighted by atomic mass is 9.56. The number of carbonyl (C=O) groups is 2. The summed E-state index contributed by atoms with van der Waals surface area (Å²) in [5, 5.41) is 15.6. The van der Waals surface area contributed by atoms with Gasteiger partial charge in [0.15, 0.2) is 5.60 Å². The fourth-order valence-electron chi connectivity index (χ4n) is 7.14. The molecule has 1 heterocycles. The van der Waals surface area contributed by atoms with Crippen molar-refractivity contribution < 1.29 is 28.9 Å². The Morgan fingerprint density at radius 3 is 2.38 bits per heavy atom.